The van der Waals surface area contributed by atoms with Crippen LogP contribution < -0.4 is 4.74 Å². The summed E-state index contributed by atoms with van der Waals surface area (Å²) in [6, 6.07) is 15.6. The Morgan fingerprint density at radius 3 is 2.23 bits per heavy atom. The van der Waals surface area contributed by atoms with E-state index in [-0.39, 0.29) is 0 Å². The Morgan fingerprint density at radius 2 is 1.73 bits per heavy atom. The van der Waals surface area contributed by atoms with Gasteiger partial charge in [-0.25, -0.2) is 4.79 Å². The van der Waals surface area contributed by atoms with Crippen molar-refractivity contribution in [1.82, 2.24) is 0 Å². The summed E-state index contributed by atoms with van der Waals surface area (Å²) < 4.78 is 6.46. The van der Waals surface area contributed by atoms with E-state index in [4.69, 9.17) is 4.74 Å². The van der Waals surface area contributed by atoms with Crippen LogP contribution in [0, 0.1) is 5.41 Å². The molecule has 0 aliphatic carbocycles. The van der Waals surface area contributed by atoms with Crippen LogP contribution in [0.2, 0.25) is 0 Å². The molecule has 0 saturated carbocycles. The first kappa shape index (κ1) is 16.6. The molecule has 0 heterocycles. The van der Waals surface area contributed by atoms with Crippen molar-refractivity contribution in [2.45, 2.75) is 26.9 Å². The van der Waals surface area contributed by atoms with Crippen LogP contribution in [0.3, 0.4) is 0 Å². The standard InChI is InChI=1S/C18H19BrO3/c1-18(2,3)16(17(20)21)22-15-10-9-13(11-14(15)19)12-7-5-4-6-8-12/h4-11,16H,1-3H3,(H,20,21). The highest BCUT2D eigenvalue weighted by molar-refractivity contribution is 9.10. The van der Waals surface area contributed by atoms with E-state index in [9.17, 15) is 9.90 Å². The number of benzene rings is 2. The molecule has 0 fully saturated rings. The smallest absolute Gasteiger partial charge is 0.345 e. The molecule has 2 aromatic carbocycles. The molecule has 0 aliphatic heterocycles. The van der Waals surface area contributed by atoms with Crippen molar-refractivity contribution in [2.75, 3.05) is 0 Å². The van der Waals surface area contributed by atoms with Crippen molar-refractivity contribution >= 4 is 21.9 Å². The second kappa shape index (κ2) is 6.53. The third-order valence-electron chi connectivity index (χ3n) is 3.29. The minimum absolute atomic E-state index is 0.497. The molecule has 2 rings (SSSR count). The third-order valence-corrected chi connectivity index (χ3v) is 3.91. The summed E-state index contributed by atoms with van der Waals surface area (Å²) in [4.78, 5) is 11.4. The van der Waals surface area contributed by atoms with E-state index in [1.54, 1.807) is 6.07 Å². The Labute approximate surface area is 139 Å². The lowest BCUT2D eigenvalue weighted by molar-refractivity contribution is -0.150. The summed E-state index contributed by atoms with van der Waals surface area (Å²) >= 11 is 3.47. The lowest BCUT2D eigenvalue weighted by Crippen LogP contribution is -2.39. The molecule has 1 unspecified atom stereocenters. The molecule has 0 bridgehead atoms. The van der Waals surface area contributed by atoms with Crippen molar-refractivity contribution < 1.29 is 14.6 Å². The van der Waals surface area contributed by atoms with Crippen LogP contribution >= 0.6 is 15.9 Å². The number of halogens is 1. The van der Waals surface area contributed by atoms with Crippen LogP contribution in [0.1, 0.15) is 20.8 Å². The number of hydrogen-bond acceptors (Lipinski definition) is 2. The zero-order chi connectivity index (χ0) is 16.3. The van der Waals surface area contributed by atoms with E-state index in [1.165, 1.54) is 0 Å². The summed E-state index contributed by atoms with van der Waals surface area (Å²) in [5.74, 6) is -0.437. The minimum Gasteiger partial charge on any atom is -0.478 e. The SMILES string of the molecule is CC(C)(C)C(Oc1ccc(-c2ccccc2)cc1Br)C(=O)O. The molecule has 116 valence electrons. The van der Waals surface area contributed by atoms with E-state index in [0.29, 0.717) is 5.75 Å². The van der Waals surface area contributed by atoms with Gasteiger partial charge < -0.3 is 9.84 Å². The first-order valence-corrected chi connectivity index (χ1v) is 7.83. The summed E-state index contributed by atoms with van der Waals surface area (Å²) in [5.41, 5.74) is 1.64. The average molecular weight is 363 g/mol. The van der Waals surface area contributed by atoms with Crippen LogP contribution in [0.5, 0.6) is 5.75 Å². The second-order valence-corrected chi connectivity index (χ2v) is 7.07. The summed E-state index contributed by atoms with van der Waals surface area (Å²) in [7, 11) is 0. The first-order valence-electron chi connectivity index (χ1n) is 7.03. The molecule has 0 aromatic heterocycles. The summed E-state index contributed by atoms with van der Waals surface area (Å²) in [6.45, 7) is 5.54. The maximum atomic E-state index is 11.4. The monoisotopic (exact) mass is 362 g/mol. The topological polar surface area (TPSA) is 46.5 Å². The fourth-order valence-corrected chi connectivity index (χ4v) is 2.60. The molecule has 1 N–H and O–H groups in total. The van der Waals surface area contributed by atoms with E-state index < -0.39 is 17.5 Å². The van der Waals surface area contributed by atoms with E-state index >= 15 is 0 Å². The Morgan fingerprint density at radius 1 is 1.09 bits per heavy atom. The molecule has 2 aromatic rings. The van der Waals surface area contributed by atoms with Gasteiger partial charge in [-0.15, -0.1) is 0 Å². The number of aliphatic carboxylic acids is 1. The highest BCUT2D eigenvalue weighted by atomic mass is 79.9. The van der Waals surface area contributed by atoms with Gasteiger partial charge in [-0.3, -0.25) is 0 Å². The Hall–Kier alpha value is -1.81. The normalized spacial score (nSPS) is 12.7. The molecule has 0 spiro atoms. The zero-order valence-electron chi connectivity index (χ0n) is 12.8. The van der Waals surface area contributed by atoms with Crippen molar-refractivity contribution in [2.24, 2.45) is 5.41 Å². The van der Waals surface area contributed by atoms with Gasteiger partial charge in [0.05, 0.1) is 4.47 Å². The maximum Gasteiger partial charge on any atom is 0.345 e. The van der Waals surface area contributed by atoms with Crippen molar-refractivity contribution in [3.63, 3.8) is 0 Å². The highest BCUT2D eigenvalue weighted by Gasteiger charge is 2.33. The van der Waals surface area contributed by atoms with Crippen LogP contribution in [0.15, 0.2) is 53.0 Å². The predicted molar refractivity (Wildman–Crippen MR) is 91.1 cm³/mol. The predicted octanol–water partition coefficient (Wildman–Crippen LogP) is 4.99. The Balaban J connectivity index is 2.29. The minimum atomic E-state index is -0.966. The van der Waals surface area contributed by atoms with Crippen molar-refractivity contribution in [3.8, 4) is 16.9 Å². The number of carboxylic acids is 1. The largest absolute Gasteiger partial charge is 0.478 e. The highest BCUT2D eigenvalue weighted by Crippen LogP contribution is 2.33. The van der Waals surface area contributed by atoms with Gasteiger partial charge in [0.15, 0.2) is 6.10 Å². The van der Waals surface area contributed by atoms with Crippen LogP contribution in [-0.4, -0.2) is 17.2 Å². The molecule has 3 nitrogen and oxygen atoms in total. The molecule has 22 heavy (non-hydrogen) atoms. The van der Waals surface area contributed by atoms with Gasteiger partial charge in [0, 0.05) is 5.41 Å². The average Bonchev–Trinajstić information content (AvgIpc) is 2.45. The van der Waals surface area contributed by atoms with E-state index in [1.807, 2.05) is 63.2 Å². The number of rotatable bonds is 4. The Kier molecular flexibility index (Phi) is 4.91. The zero-order valence-corrected chi connectivity index (χ0v) is 14.4. The quantitative estimate of drug-likeness (QED) is 0.832. The second-order valence-electron chi connectivity index (χ2n) is 6.21. The lowest BCUT2D eigenvalue weighted by atomic mass is 9.89. The fraction of sp³-hybridized carbons (Fsp3) is 0.278. The molecule has 1 atom stereocenters. The van der Waals surface area contributed by atoms with Gasteiger partial charge >= 0.3 is 5.97 Å². The van der Waals surface area contributed by atoms with Crippen molar-refractivity contribution in [1.29, 1.82) is 0 Å². The first-order chi connectivity index (χ1) is 10.3. The molecule has 0 radical (unpaired) electrons. The maximum absolute atomic E-state index is 11.4. The molecule has 0 saturated heterocycles. The number of ether oxygens (including phenoxy) is 1. The van der Waals surface area contributed by atoms with Gasteiger partial charge in [0.2, 0.25) is 0 Å². The fourth-order valence-electron chi connectivity index (χ4n) is 2.13. The molecular formula is C18H19BrO3. The van der Waals surface area contributed by atoms with Crippen molar-refractivity contribution in [3.05, 3.63) is 53.0 Å². The third kappa shape index (κ3) is 3.89. The Bertz CT molecular complexity index is 660. The summed E-state index contributed by atoms with van der Waals surface area (Å²) in [6.07, 6.45) is -0.911. The molecule has 0 amide bonds. The summed E-state index contributed by atoms with van der Waals surface area (Å²) in [5, 5.41) is 9.35. The van der Waals surface area contributed by atoms with E-state index in [0.717, 1.165) is 15.6 Å². The number of carbonyl (C=O) groups is 1. The van der Waals surface area contributed by atoms with Gasteiger partial charge in [-0.05, 0) is 39.2 Å². The lowest BCUT2D eigenvalue weighted by Gasteiger charge is -2.28. The van der Waals surface area contributed by atoms with Gasteiger partial charge in [-0.1, -0.05) is 57.2 Å². The molecule has 4 heteroatoms. The number of hydrogen-bond donors (Lipinski definition) is 1. The molecule has 0 aliphatic rings. The van der Waals surface area contributed by atoms with E-state index in [2.05, 4.69) is 15.9 Å². The van der Waals surface area contributed by atoms with Crippen LogP contribution in [0.25, 0.3) is 11.1 Å². The van der Waals surface area contributed by atoms with Gasteiger partial charge in [0.25, 0.3) is 0 Å². The van der Waals surface area contributed by atoms with Gasteiger partial charge in [0.1, 0.15) is 5.75 Å². The van der Waals surface area contributed by atoms with Crippen LogP contribution in [-0.2, 0) is 4.79 Å². The van der Waals surface area contributed by atoms with Crippen LogP contribution in [0.4, 0.5) is 0 Å². The van der Waals surface area contributed by atoms with Gasteiger partial charge in [-0.2, -0.15) is 0 Å². The number of carboxylic acid groups (broad SMARTS) is 1. The molecular weight excluding hydrogens is 344 g/mol.